The second kappa shape index (κ2) is 18.9. The average Bonchev–Trinajstić information content (AvgIpc) is 4.15. The van der Waals surface area contributed by atoms with E-state index in [1.54, 1.807) is 22.7 Å². The number of aryl methyl sites for hydroxylation is 4. The number of aromatic amines is 2. The van der Waals surface area contributed by atoms with Gasteiger partial charge in [0.05, 0.1) is 62.2 Å². The summed E-state index contributed by atoms with van der Waals surface area (Å²) < 4.78 is 20.4. The molecule has 0 atom stereocenters. The molecule has 322 valence electrons. The third-order valence-corrected chi connectivity index (χ3v) is 13.6. The van der Waals surface area contributed by atoms with E-state index in [1.165, 1.54) is 28.4 Å². The Hall–Kier alpha value is -6.12. The van der Waals surface area contributed by atoms with Gasteiger partial charge in [-0.15, -0.1) is 22.7 Å². The Morgan fingerprint density at radius 1 is 0.548 bits per heavy atom. The van der Waals surface area contributed by atoms with Crippen molar-refractivity contribution in [2.24, 2.45) is 0 Å². The van der Waals surface area contributed by atoms with Gasteiger partial charge in [0.2, 0.25) is 0 Å². The van der Waals surface area contributed by atoms with Crippen LogP contribution in [0, 0.1) is 13.8 Å². The minimum atomic E-state index is -0.334. The molecule has 0 aliphatic carbocycles. The summed E-state index contributed by atoms with van der Waals surface area (Å²) in [4.78, 5) is 71.1. The van der Waals surface area contributed by atoms with Crippen LogP contribution in [0.5, 0.6) is 0 Å². The number of hydrogen-bond acceptors (Lipinski definition) is 12. The highest BCUT2D eigenvalue weighted by Gasteiger charge is 2.28. The van der Waals surface area contributed by atoms with E-state index in [9.17, 15) is 19.2 Å². The number of hydrogen-bond donors (Lipinski definition) is 2. The molecule has 2 aliphatic heterocycles. The molecule has 62 heavy (non-hydrogen) atoms. The zero-order valence-corrected chi connectivity index (χ0v) is 37.9. The Bertz CT molecular complexity index is 2620. The van der Waals surface area contributed by atoms with E-state index in [0.29, 0.717) is 37.1 Å². The Balaban J connectivity index is 1.71. The summed E-state index contributed by atoms with van der Waals surface area (Å²) in [7, 11) is 5.56. The van der Waals surface area contributed by atoms with Crippen LogP contribution in [0.4, 0.5) is 0 Å². The number of H-pyrrole nitrogens is 2. The molecule has 0 spiro atoms. The predicted molar refractivity (Wildman–Crippen MR) is 245 cm³/mol. The Kier molecular flexibility index (Phi) is 13.4. The van der Waals surface area contributed by atoms with Crippen molar-refractivity contribution in [1.29, 1.82) is 0 Å². The first kappa shape index (κ1) is 44.0. The summed E-state index contributed by atoms with van der Waals surface area (Å²) in [6.07, 6.45) is 2.17. The molecule has 0 fully saturated rings. The molecule has 12 nitrogen and oxygen atoms in total. The summed E-state index contributed by atoms with van der Waals surface area (Å²) in [5, 5.41) is 4.05. The molecule has 0 saturated carbocycles. The Labute approximate surface area is 368 Å². The Morgan fingerprint density at radius 2 is 0.919 bits per heavy atom. The van der Waals surface area contributed by atoms with Crippen molar-refractivity contribution in [1.82, 2.24) is 19.9 Å². The quantitative estimate of drug-likeness (QED) is 0.0811. The van der Waals surface area contributed by atoms with Crippen LogP contribution in [-0.4, -0.2) is 72.3 Å². The van der Waals surface area contributed by atoms with Crippen molar-refractivity contribution in [2.45, 2.75) is 79.1 Å². The van der Waals surface area contributed by atoms with Gasteiger partial charge >= 0.3 is 23.9 Å². The molecule has 8 bridgehead atoms. The average molecular weight is 875 g/mol. The van der Waals surface area contributed by atoms with Crippen LogP contribution in [0.15, 0.2) is 47.2 Å². The molecule has 0 unspecified atom stereocenters. The van der Waals surface area contributed by atoms with E-state index in [1.807, 2.05) is 42.8 Å². The number of carbonyl (C=O) groups excluding carboxylic acids is 4. The van der Waals surface area contributed by atoms with Crippen molar-refractivity contribution in [3.05, 3.63) is 92.2 Å². The summed E-state index contributed by atoms with van der Waals surface area (Å²) in [6, 6.07) is 12.2. The third-order valence-electron chi connectivity index (χ3n) is 11.8. The number of nitrogens with one attached hydrogen (secondary N) is 2. The number of allylic oxidation sites excluding steroid dienone is 4. The lowest BCUT2D eigenvalue weighted by Gasteiger charge is -2.08. The fraction of sp³-hybridized carbons (Fsp3) is 0.333. The van der Waals surface area contributed by atoms with Gasteiger partial charge in [0.1, 0.15) is 0 Å². The zero-order valence-electron chi connectivity index (χ0n) is 36.3. The maximum Gasteiger partial charge on any atom is 0.305 e. The minimum absolute atomic E-state index is 0.146. The van der Waals surface area contributed by atoms with Gasteiger partial charge in [-0.05, 0) is 133 Å². The molecule has 0 amide bonds. The van der Waals surface area contributed by atoms with E-state index in [0.717, 1.165) is 98.9 Å². The lowest BCUT2D eigenvalue weighted by molar-refractivity contribution is -0.141. The van der Waals surface area contributed by atoms with Crippen LogP contribution in [0.1, 0.15) is 97.4 Å². The summed E-state index contributed by atoms with van der Waals surface area (Å²) in [5.41, 5.74) is 15.2. The monoisotopic (exact) mass is 874 g/mol. The fourth-order valence-electron chi connectivity index (χ4n) is 8.42. The second-order valence-corrected chi connectivity index (χ2v) is 17.1. The number of rotatable bonds is 14. The molecular weight excluding hydrogens is 825 g/mol. The van der Waals surface area contributed by atoms with Crippen LogP contribution < -0.4 is 0 Å². The van der Waals surface area contributed by atoms with E-state index >= 15 is 0 Å². The van der Waals surface area contributed by atoms with Crippen molar-refractivity contribution >= 4 is 90.9 Å². The Morgan fingerprint density at radius 3 is 1.26 bits per heavy atom. The molecule has 14 heteroatoms. The summed E-state index contributed by atoms with van der Waals surface area (Å²) in [5.74, 6) is -1.31. The molecule has 7 rings (SSSR count). The topological polar surface area (TPSA) is 163 Å². The molecule has 2 N–H and O–H groups in total. The number of thiophene rings is 2. The van der Waals surface area contributed by atoms with Crippen LogP contribution in [-0.2, 0) is 51.0 Å². The molecule has 5 aromatic heterocycles. The van der Waals surface area contributed by atoms with Crippen molar-refractivity contribution in [3.8, 4) is 20.9 Å². The van der Waals surface area contributed by atoms with Crippen LogP contribution >= 0.6 is 22.7 Å². The molecular formula is C48H50N4O8S2. The SMILES string of the molecule is COC(=O)CCC1=C(C)c2nc1cc1nc(c(-c3cccs3)c3[nH]c(cc4[nH]c(c(C)c4CCC(=O)OC)c2-c2cccs2)c(CCC(=O)OC)c3C)C(C)=C1CCC(=O)OC. The normalized spacial score (nSPS) is 12.5. The highest BCUT2D eigenvalue weighted by molar-refractivity contribution is 7.14. The first-order chi connectivity index (χ1) is 29.9. The summed E-state index contributed by atoms with van der Waals surface area (Å²) >= 11 is 3.18. The van der Waals surface area contributed by atoms with Gasteiger partial charge < -0.3 is 28.9 Å². The number of fused-ring (bicyclic) bond motifs is 8. The number of ether oxygens (including phenoxy) is 4. The molecule has 7 heterocycles. The third kappa shape index (κ3) is 8.66. The van der Waals surface area contributed by atoms with Crippen molar-refractivity contribution < 1.29 is 38.1 Å². The maximum atomic E-state index is 12.7. The minimum Gasteiger partial charge on any atom is -0.469 e. The number of aromatic nitrogens is 4. The first-order valence-corrected chi connectivity index (χ1v) is 22.2. The smallest absolute Gasteiger partial charge is 0.305 e. The maximum absolute atomic E-state index is 12.7. The van der Waals surface area contributed by atoms with Crippen LogP contribution in [0.3, 0.4) is 0 Å². The molecule has 0 aromatic carbocycles. The van der Waals surface area contributed by atoms with Crippen molar-refractivity contribution in [3.63, 3.8) is 0 Å². The van der Waals surface area contributed by atoms with Crippen LogP contribution in [0.25, 0.3) is 65.2 Å². The van der Waals surface area contributed by atoms with Gasteiger partial charge in [-0.3, -0.25) is 19.2 Å². The van der Waals surface area contributed by atoms with Gasteiger partial charge in [0.15, 0.2) is 0 Å². The highest BCUT2D eigenvalue weighted by atomic mass is 32.1. The number of esters is 4. The second-order valence-electron chi connectivity index (χ2n) is 15.2. The summed E-state index contributed by atoms with van der Waals surface area (Å²) in [6.45, 7) is 8.17. The molecule has 0 radical (unpaired) electrons. The largest absolute Gasteiger partial charge is 0.469 e. The fourth-order valence-corrected chi connectivity index (χ4v) is 9.98. The van der Waals surface area contributed by atoms with E-state index in [4.69, 9.17) is 28.9 Å². The molecule has 0 saturated heterocycles. The predicted octanol–water partition coefficient (Wildman–Crippen LogP) is 10.4. The molecule has 2 aliphatic rings. The highest BCUT2D eigenvalue weighted by Crippen LogP contribution is 2.45. The van der Waals surface area contributed by atoms with E-state index in [2.05, 4.69) is 42.0 Å². The van der Waals surface area contributed by atoms with Gasteiger partial charge in [-0.1, -0.05) is 12.1 Å². The molecule has 5 aromatic rings. The number of methoxy groups -OCH3 is 4. The van der Waals surface area contributed by atoms with E-state index < -0.39 is 0 Å². The van der Waals surface area contributed by atoms with Gasteiger partial charge in [-0.25, -0.2) is 9.97 Å². The van der Waals surface area contributed by atoms with Crippen molar-refractivity contribution in [2.75, 3.05) is 28.4 Å². The lowest BCUT2D eigenvalue weighted by atomic mass is 9.96. The lowest BCUT2D eigenvalue weighted by Crippen LogP contribution is -2.02. The van der Waals surface area contributed by atoms with Gasteiger partial charge in [0, 0.05) is 57.6 Å². The first-order valence-electron chi connectivity index (χ1n) is 20.4. The number of carbonyl (C=O) groups is 4. The van der Waals surface area contributed by atoms with Gasteiger partial charge in [0.25, 0.3) is 0 Å². The number of nitrogens with zero attached hydrogens (tertiary/aromatic N) is 2. The van der Waals surface area contributed by atoms with E-state index in [-0.39, 0.29) is 49.6 Å². The standard InChI is InChI=1S/C48H50N4O8S2/c1-25-29(13-17-39(53)57-5)33-23-34-31(15-19-41(55)59-7)27(3)47(51-34)44(38-12-10-22-62-38)48-28(4)32(16-20-42(56)60-8)36(52-48)24-35-30(14-18-40(54)58-6)26(2)46(50-35)43(45(25)49-33)37-11-9-21-61-37/h9-12,21-24,49,51H,13-20H2,1-8H3. The zero-order chi connectivity index (χ0) is 44.2. The van der Waals surface area contributed by atoms with Crippen LogP contribution in [0.2, 0.25) is 0 Å². The van der Waals surface area contributed by atoms with Gasteiger partial charge in [-0.2, -0.15) is 0 Å².